The Kier molecular flexibility index (Phi) is 9.18. The van der Waals surface area contributed by atoms with Crippen molar-refractivity contribution >= 4 is 21.7 Å². The number of carboxylic acids is 1. The van der Waals surface area contributed by atoms with Crippen molar-refractivity contribution in [1.82, 2.24) is 4.90 Å². The highest BCUT2D eigenvalue weighted by Crippen LogP contribution is 2.53. The molecule has 1 saturated carbocycles. The summed E-state index contributed by atoms with van der Waals surface area (Å²) in [6.07, 6.45) is -10.8. The Morgan fingerprint density at radius 3 is 1.86 bits per heavy atom. The van der Waals surface area contributed by atoms with Gasteiger partial charge in [-0.1, -0.05) is 43.3 Å². The van der Waals surface area contributed by atoms with E-state index in [1.54, 1.807) is 12.1 Å². The maximum Gasteiger partial charge on any atom is 0.435 e. The van der Waals surface area contributed by atoms with E-state index in [4.69, 9.17) is 0 Å². The Morgan fingerprint density at radius 2 is 1.39 bits per heavy atom. The zero-order chi connectivity index (χ0) is 32.7. The van der Waals surface area contributed by atoms with Crippen molar-refractivity contribution < 1.29 is 53.8 Å². The van der Waals surface area contributed by atoms with Crippen LogP contribution in [0, 0.1) is 11.8 Å². The van der Waals surface area contributed by atoms with Crippen molar-refractivity contribution in [3.05, 3.63) is 65.2 Å². The highest BCUT2D eigenvalue weighted by atomic mass is 32.2. The fraction of sp³-hybridized carbons (Fsp3) is 0.533. The number of likely N-dealkylation sites (tertiary alicyclic amines) is 1. The Bertz CT molecular complexity index is 1450. The third-order valence-electron chi connectivity index (χ3n) is 8.92. The molecule has 2 aromatic rings. The second-order valence-electron chi connectivity index (χ2n) is 11.7. The first-order valence-electron chi connectivity index (χ1n) is 14.1. The van der Waals surface area contributed by atoms with Crippen molar-refractivity contribution in [2.45, 2.75) is 73.8 Å². The number of carbonyl (C=O) groups excluding carboxylic acids is 1. The van der Waals surface area contributed by atoms with E-state index in [9.17, 15) is 53.8 Å². The number of halogens is 7. The molecule has 0 radical (unpaired) electrons. The third-order valence-corrected chi connectivity index (χ3v) is 10.8. The Labute approximate surface area is 250 Å². The highest BCUT2D eigenvalue weighted by molar-refractivity contribution is 7.91. The first-order valence-corrected chi connectivity index (χ1v) is 15.8. The van der Waals surface area contributed by atoms with Gasteiger partial charge in [-0.15, -0.1) is 0 Å². The molecule has 1 saturated heterocycles. The number of aliphatic carboxylic acids is 1. The van der Waals surface area contributed by atoms with Crippen molar-refractivity contribution in [1.29, 1.82) is 0 Å². The first kappa shape index (κ1) is 33.7. The van der Waals surface area contributed by atoms with Crippen LogP contribution in [0.5, 0.6) is 0 Å². The van der Waals surface area contributed by atoms with Gasteiger partial charge in [0.05, 0.1) is 16.6 Å². The summed E-state index contributed by atoms with van der Waals surface area (Å²) in [7, 11) is -4.09. The smallest absolute Gasteiger partial charge is 0.435 e. The van der Waals surface area contributed by atoms with Gasteiger partial charge in [0, 0.05) is 30.0 Å². The van der Waals surface area contributed by atoms with Crippen LogP contribution in [-0.2, 0) is 36.9 Å². The summed E-state index contributed by atoms with van der Waals surface area (Å²) in [4.78, 5) is 26.1. The summed E-state index contributed by atoms with van der Waals surface area (Å²) < 4.78 is 122. The number of hydrogen-bond acceptors (Lipinski definition) is 4. The molecule has 14 heteroatoms. The zero-order valence-corrected chi connectivity index (χ0v) is 24.5. The van der Waals surface area contributed by atoms with E-state index in [2.05, 4.69) is 0 Å². The molecular weight excluding hydrogens is 619 g/mol. The molecule has 1 aliphatic carbocycles. The number of benzene rings is 2. The summed E-state index contributed by atoms with van der Waals surface area (Å²) >= 11 is 0. The number of rotatable bonds is 8. The molecule has 2 fully saturated rings. The zero-order valence-electron chi connectivity index (χ0n) is 23.7. The van der Waals surface area contributed by atoms with Gasteiger partial charge in [-0.2, -0.15) is 26.3 Å². The maximum atomic E-state index is 14.7. The van der Waals surface area contributed by atoms with Crippen LogP contribution in [0.1, 0.15) is 55.7 Å². The van der Waals surface area contributed by atoms with Crippen LogP contribution in [-0.4, -0.2) is 61.5 Å². The van der Waals surface area contributed by atoms with Crippen molar-refractivity contribution in [3.63, 3.8) is 0 Å². The Balaban J connectivity index is 1.70. The number of carboxylic acid groups (broad SMARTS) is 1. The minimum Gasteiger partial charge on any atom is -0.481 e. The molecule has 2 aromatic carbocycles. The molecule has 0 bridgehead atoms. The molecular formula is C30H32F7NO5S. The molecule has 0 unspecified atom stereocenters. The number of alkyl halides is 7. The largest absolute Gasteiger partial charge is 0.481 e. The van der Waals surface area contributed by atoms with E-state index < -0.39 is 62.4 Å². The lowest BCUT2D eigenvalue weighted by molar-refractivity contribution is -0.348. The second kappa shape index (κ2) is 12.0. The van der Waals surface area contributed by atoms with E-state index in [0.29, 0.717) is 31.4 Å². The lowest BCUT2D eigenvalue weighted by atomic mass is 9.80. The van der Waals surface area contributed by atoms with Crippen LogP contribution in [0.15, 0.2) is 53.4 Å². The van der Waals surface area contributed by atoms with Gasteiger partial charge in [0.25, 0.3) is 0 Å². The molecule has 1 atom stereocenters. The van der Waals surface area contributed by atoms with Gasteiger partial charge in [-0.3, -0.25) is 9.59 Å². The standard InChI is InChI=1S/C30H32F7NO5S/c1-2-19-3-13-24(14-4-19)44(42,43)18-27(15-16-38(17-27)25(39)20-5-7-21(8-6-20)26(40)41)22-9-11-23(12-10-22)28(31,29(32,33)34)30(35,36)37/h3-4,9-14,20-21H,2,5-8,15-18H2,1H3,(H,40,41)/t20?,21?,27-/m1/s1. The van der Waals surface area contributed by atoms with Crippen LogP contribution in [0.4, 0.5) is 30.7 Å². The van der Waals surface area contributed by atoms with E-state index in [0.717, 1.165) is 17.7 Å². The predicted octanol–water partition coefficient (Wildman–Crippen LogP) is 6.37. The molecule has 4 rings (SSSR count). The van der Waals surface area contributed by atoms with Crippen LogP contribution in [0.25, 0.3) is 0 Å². The summed E-state index contributed by atoms with van der Waals surface area (Å²) in [6, 6.07) is 8.52. The van der Waals surface area contributed by atoms with Crippen molar-refractivity contribution in [3.8, 4) is 0 Å². The van der Waals surface area contributed by atoms with Gasteiger partial charge in [0.15, 0.2) is 9.84 Å². The lowest BCUT2D eigenvalue weighted by Crippen LogP contribution is -2.50. The van der Waals surface area contributed by atoms with Crippen LogP contribution in [0.2, 0.25) is 0 Å². The number of carbonyl (C=O) groups is 2. The van der Waals surface area contributed by atoms with Gasteiger partial charge in [-0.05, 0) is 61.8 Å². The van der Waals surface area contributed by atoms with E-state index in [1.165, 1.54) is 17.0 Å². The highest BCUT2D eigenvalue weighted by Gasteiger charge is 2.73. The number of sulfone groups is 1. The summed E-state index contributed by atoms with van der Waals surface area (Å²) in [6.45, 7) is 1.74. The summed E-state index contributed by atoms with van der Waals surface area (Å²) in [5.41, 5.74) is -7.86. The predicted molar refractivity (Wildman–Crippen MR) is 145 cm³/mol. The third kappa shape index (κ3) is 6.32. The van der Waals surface area contributed by atoms with Crippen LogP contribution < -0.4 is 0 Å². The lowest BCUT2D eigenvalue weighted by Gasteiger charge is -2.33. The van der Waals surface area contributed by atoms with Crippen LogP contribution >= 0.6 is 0 Å². The van der Waals surface area contributed by atoms with Crippen molar-refractivity contribution in [2.75, 3.05) is 18.8 Å². The van der Waals surface area contributed by atoms with E-state index >= 15 is 0 Å². The molecule has 242 valence electrons. The Morgan fingerprint density at radius 1 is 0.864 bits per heavy atom. The second-order valence-corrected chi connectivity index (χ2v) is 13.7. The molecule has 1 heterocycles. The monoisotopic (exact) mass is 651 g/mol. The fourth-order valence-corrected chi connectivity index (χ4v) is 8.11. The fourth-order valence-electron chi connectivity index (χ4n) is 6.26. The number of aryl methyl sites for hydroxylation is 1. The first-order chi connectivity index (χ1) is 20.3. The average molecular weight is 652 g/mol. The molecule has 6 nitrogen and oxygen atoms in total. The molecule has 1 amide bonds. The minimum absolute atomic E-state index is 0.0220. The van der Waals surface area contributed by atoms with Gasteiger partial charge >= 0.3 is 24.0 Å². The molecule has 1 aliphatic heterocycles. The Hall–Kier alpha value is -3.16. The van der Waals surface area contributed by atoms with Crippen molar-refractivity contribution in [2.24, 2.45) is 11.8 Å². The number of amides is 1. The SMILES string of the molecule is CCc1ccc(S(=O)(=O)C[C@@]2(c3ccc(C(F)(C(F)(F)F)C(F)(F)F)cc3)CCN(C(=O)C3CCC(C(=O)O)CC3)C2)cc1. The van der Waals surface area contributed by atoms with Gasteiger partial charge in [0.1, 0.15) is 0 Å². The summed E-state index contributed by atoms with van der Waals surface area (Å²) in [5.74, 6) is -2.97. The normalized spacial score (nSPS) is 23.5. The summed E-state index contributed by atoms with van der Waals surface area (Å²) in [5, 5.41) is 9.26. The average Bonchev–Trinajstić information content (AvgIpc) is 3.39. The number of nitrogens with zero attached hydrogens (tertiary/aromatic N) is 1. The molecule has 44 heavy (non-hydrogen) atoms. The van der Waals surface area contributed by atoms with E-state index in [-0.39, 0.29) is 48.7 Å². The minimum atomic E-state index is -6.31. The topological polar surface area (TPSA) is 91.8 Å². The molecule has 2 aliphatic rings. The maximum absolute atomic E-state index is 14.7. The molecule has 0 aromatic heterocycles. The molecule has 1 N–H and O–H groups in total. The molecule has 0 spiro atoms. The van der Waals surface area contributed by atoms with Gasteiger partial charge in [0.2, 0.25) is 5.91 Å². The van der Waals surface area contributed by atoms with Crippen LogP contribution in [0.3, 0.4) is 0 Å². The van der Waals surface area contributed by atoms with Gasteiger partial charge in [-0.25, -0.2) is 12.8 Å². The van der Waals surface area contributed by atoms with E-state index in [1.807, 2.05) is 6.92 Å². The quantitative estimate of drug-likeness (QED) is 0.335. The number of hydrogen-bond donors (Lipinski definition) is 1. The van der Waals surface area contributed by atoms with Gasteiger partial charge < -0.3 is 10.0 Å².